The SMILES string of the molecule is CCOC(=O)N1C2CCCCCCC21[N+](=O)[O-]. The summed E-state index contributed by atoms with van der Waals surface area (Å²) in [6.45, 7) is 1.97. The van der Waals surface area contributed by atoms with Crippen LogP contribution in [0.5, 0.6) is 0 Å². The third-order valence-corrected chi connectivity index (χ3v) is 3.75. The van der Waals surface area contributed by atoms with Gasteiger partial charge in [-0.15, -0.1) is 0 Å². The van der Waals surface area contributed by atoms with Gasteiger partial charge in [0.15, 0.2) is 0 Å². The predicted molar refractivity (Wildman–Crippen MR) is 60.1 cm³/mol. The molecule has 17 heavy (non-hydrogen) atoms. The molecule has 0 bridgehead atoms. The Kier molecular flexibility index (Phi) is 3.22. The summed E-state index contributed by atoms with van der Waals surface area (Å²) >= 11 is 0. The largest absolute Gasteiger partial charge is 0.450 e. The fourth-order valence-corrected chi connectivity index (χ4v) is 2.88. The number of amides is 1. The molecular formula is C11H18N2O4. The Morgan fingerprint density at radius 1 is 1.47 bits per heavy atom. The van der Waals surface area contributed by atoms with Gasteiger partial charge in [0.25, 0.3) is 0 Å². The van der Waals surface area contributed by atoms with Gasteiger partial charge < -0.3 is 4.74 Å². The first-order chi connectivity index (χ1) is 8.14. The van der Waals surface area contributed by atoms with Crippen LogP contribution in [-0.4, -0.2) is 34.2 Å². The van der Waals surface area contributed by atoms with Gasteiger partial charge in [-0.3, -0.25) is 10.1 Å². The second-order valence-corrected chi connectivity index (χ2v) is 4.67. The minimum atomic E-state index is -1.16. The van der Waals surface area contributed by atoms with E-state index in [0.717, 1.165) is 32.1 Å². The fraction of sp³-hybridized carbons (Fsp3) is 0.909. The third-order valence-electron chi connectivity index (χ3n) is 3.75. The summed E-state index contributed by atoms with van der Waals surface area (Å²) < 4.78 is 4.90. The van der Waals surface area contributed by atoms with Crippen molar-refractivity contribution in [3.05, 3.63) is 10.1 Å². The topological polar surface area (TPSA) is 72.5 Å². The second-order valence-electron chi connectivity index (χ2n) is 4.67. The van der Waals surface area contributed by atoms with Crippen LogP contribution in [0.3, 0.4) is 0 Å². The fourth-order valence-electron chi connectivity index (χ4n) is 2.88. The lowest BCUT2D eigenvalue weighted by Gasteiger charge is -2.10. The summed E-state index contributed by atoms with van der Waals surface area (Å²) in [5.41, 5.74) is -1.16. The Balaban J connectivity index is 2.16. The van der Waals surface area contributed by atoms with Crippen molar-refractivity contribution < 1.29 is 14.5 Å². The van der Waals surface area contributed by atoms with Crippen molar-refractivity contribution in [3.63, 3.8) is 0 Å². The molecule has 1 saturated heterocycles. The number of carbonyl (C=O) groups is 1. The van der Waals surface area contributed by atoms with Crippen LogP contribution in [0.25, 0.3) is 0 Å². The Hall–Kier alpha value is -1.33. The highest BCUT2D eigenvalue weighted by Crippen LogP contribution is 2.49. The van der Waals surface area contributed by atoms with Gasteiger partial charge in [0.05, 0.1) is 11.5 Å². The molecule has 1 aliphatic carbocycles. The van der Waals surface area contributed by atoms with E-state index in [4.69, 9.17) is 4.74 Å². The summed E-state index contributed by atoms with van der Waals surface area (Å²) in [6, 6.07) is -0.253. The van der Waals surface area contributed by atoms with E-state index >= 15 is 0 Å². The molecule has 0 aromatic carbocycles. The number of nitrogens with zero attached hydrogens (tertiary/aromatic N) is 2. The van der Waals surface area contributed by atoms with Gasteiger partial charge in [0.1, 0.15) is 6.04 Å². The first-order valence-electron chi connectivity index (χ1n) is 6.25. The Morgan fingerprint density at radius 2 is 2.18 bits per heavy atom. The molecule has 1 amide bonds. The second kappa shape index (κ2) is 4.50. The number of hydrogen-bond donors (Lipinski definition) is 0. The zero-order chi connectivity index (χ0) is 12.5. The van der Waals surface area contributed by atoms with Crippen molar-refractivity contribution in [2.24, 2.45) is 0 Å². The van der Waals surface area contributed by atoms with Gasteiger partial charge in [-0.1, -0.05) is 19.3 Å². The molecule has 6 heteroatoms. The Labute approximate surface area is 100 Å². The summed E-state index contributed by atoms with van der Waals surface area (Å²) in [6.07, 6.45) is 4.53. The van der Waals surface area contributed by atoms with E-state index in [1.807, 2.05) is 0 Å². The monoisotopic (exact) mass is 242 g/mol. The number of hydrogen-bond acceptors (Lipinski definition) is 4. The van der Waals surface area contributed by atoms with Crippen LogP contribution in [0.15, 0.2) is 0 Å². The number of carbonyl (C=O) groups excluding carboxylic acids is 1. The first kappa shape index (κ1) is 12.1. The number of ether oxygens (including phenoxy) is 1. The smallest absolute Gasteiger partial charge is 0.415 e. The molecular weight excluding hydrogens is 224 g/mol. The maximum absolute atomic E-state index is 11.7. The van der Waals surface area contributed by atoms with Crippen LogP contribution in [0, 0.1) is 10.1 Å². The Bertz CT molecular complexity index is 333. The molecule has 6 nitrogen and oxygen atoms in total. The van der Waals surface area contributed by atoms with E-state index in [-0.39, 0.29) is 17.6 Å². The van der Waals surface area contributed by atoms with Crippen LogP contribution in [0.1, 0.15) is 45.4 Å². The van der Waals surface area contributed by atoms with E-state index in [9.17, 15) is 14.9 Å². The molecule has 2 unspecified atom stereocenters. The molecule has 2 atom stereocenters. The van der Waals surface area contributed by atoms with Crippen molar-refractivity contribution in [1.82, 2.24) is 4.90 Å². The van der Waals surface area contributed by atoms with Gasteiger partial charge in [0, 0.05) is 6.42 Å². The van der Waals surface area contributed by atoms with Crippen LogP contribution < -0.4 is 0 Å². The molecule has 0 N–H and O–H groups in total. The van der Waals surface area contributed by atoms with Gasteiger partial charge in [0.2, 0.25) is 0 Å². The van der Waals surface area contributed by atoms with Gasteiger partial charge in [-0.25, -0.2) is 9.69 Å². The number of rotatable bonds is 2. The summed E-state index contributed by atoms with van der Waals surface area (Å²) in [5.74, 6) is 0. The van der Waals surface area contributed by atoms with Crippen LogP contribution in [0.4, 0.5) is 4.79 Å². The average molecular weight is 242 g/mol. The minimum Gasteiger partial charge on any atom is -0.450 e. The summed E-state index contributed by atoms with van der Waals surface area (Å²) in [5, 5.41) is 11.3. The van der Waals surface area contributed by atoms with Gasteiger partial charge >= 0.3 is 11.8 Å². The highest BCUT2D eigenvalue weighted by molar-refractivity contribution is 5.73. The predicted octanol–water partition coefficient (Wildman–Crippen LogP) is 2.15. The quantitative estimate of drug-likeness (QED) is 0.422. The van der Waals surface area contributed by atoms with Crippen molar-refractivity contribution >= 4 is 6.09 Å². The molecule has 0 spiro atoms. The summed E-state index contributed by atoms with van der Waals surface area (Å²) in [7, 11) is 0. The van der Waals surface area contributed by atoms with Crippen molar-refractivity contribution in [3.8, 4) is 0 Å². The van der Waals surface area contributed by atoms with Crippen molar-refractivity contribution in [1.29, 1.82) is 0 Å². The van der Waals surface area contributed by atoms with E-state index in [0.29, 0.717) is 6.42 Å². The normalized spacial score (nSPS) is 32.1. The number of fused-ring (bicyclic) bond motifs is 1. The Morgan fingerprint density at radius 3 is 2.82 bits per heavy atom. The van der Waals surface area contributed by atoms with Crippen LogP contribution in [-0.2, 0) is 4.74 Å². The lowest BCUT2D eigenvalue weighted by molar-refractivity contribution is -0.551. The van der Waals surface area contributed by atoms with Crippen molar-refractivity contribution in [2.45, 2.75) is 57.2 Å². The molecule has 0 aromatic heterocycles. The molecule has 96 valence electrons. The highest BCUT2D eigenvalue weighted by atomic mass is 16.6. The van der Waals surface area contributed by atoms with Gasteiger partial charge in [-0.05, 0) is 19.8 Å². The average Bonchev–Trinajstić information content (AvgIpc) is 2.86. The standard InChI is InChI=1S/C11H18N2O4/c1-2-17-10(14)12-9-7-5-3-4-6-8-11(9,12)13(15)16/h9H,2-8H2,1H3. The van der Waals surface area contributed by atoms with E-state index in [2.05, 4.69) is 0 Å². The minimum absolute atomic E-state index is 0.253. The maximum Gasteiger partial charge on any atom is 0.415 e. The maximum atomic E-state index is 11.7. The molecule has 0 aromatic rings. The molecule has 0 radical (unpaired) electrons. The highest BCUT2D eigenvalue weighted by Gasteiger charge is 2.76. The lowest BCUT2D eigenvalue weighted by atomic mass is 9.97. The zero-order valence-corrected chi connectivity index (χ0v) is 10.1. The summed E-state index contributed by atoms with van der Waals surface area (Å²) in [4.78, 5) is 24.0. The van der Waals surface area contributed by atoms with Gasteiger partial charge in [-0.2, -0.15) is 0 Å². The van der Waals surface area contributed by atoms with Crippen molar-refractivity contribution in [2.75, 3.05) is 6.61 Å². The van der Waals surface area contributed by atoms with E-state index in [1.54, 1.807) is 6.92 Å². The van der Waals surface area contributed by atoms with E-state index < -0.39 is 11.8 Å². The molecule has 1 saturated carbocycles. The molecule has 2 rings (SSSR count). The van der Waals surface area contributed by atoms with Crippen LogP contribution >= 0.6 is 0 Å². The number of nitro groups is 1. The first-order valence-corrected chi connectivity index (χ1v) is 6.25. The zero-order valence-electron chi connectivity index (χ0n) is 10.1. The molecule has 2 aliphatic rings. The lowest BCUT2D eigenvalue weighted by Crippen LogP contribution is -2.32. The third kappa shape index (κ3) is 1.85. The molecule has 2 fully saturated rings. The molecule has 1 heterocycles. The van der Waals surface area contributed by atoms with E-state index in [1.165, 1.54) is 4.90 Å². The van der Waals surface area contributed by atoms with Crippen LogP contribution in [0.2, 0.25) is 0 Å². The molecule has 1 aliphatic heterocycles.